The first kappa shape index (κ1) is 11.7. The Morgan fingerprint density at radius 3 is 2.58 bits per heavy atom. The van der Waals surface area contributed by atoms with Crippen molar-refractivity contribution in [3.63, 3.8) is 0 Å². The second kappa shape index (κ2) is 3.96. The van der Waals surface area contributed by atoms with Crippen LogP contribution >= 0.6 is 0 Å². The Morgan fingerprint density at radius 2 is 1.74 bits per heavy atom. The Balaban J connectivity index is 1.90. The molecule has 104 valence electrons. The van der Waals surface area contributed by atoms with E-state index in [2.05, 4.69) is 5.16 Å². The smallest absolute Gasteiger partial charge is 0.347 e. The Kier molecular flexibility index (Phi) is 2.45. The second-order valence-electron chi connectivity index (χ2n) is 5.94. The molecule has 1 saturated carbocycles. The first-order valence-electron chi connectivity index (χ1n) is 7.26. The molecular weight excluding hydrogens is 246 g/mol. The molecule has 2 heterocycles. The fraction of sp³-hybridized carbons (Fsp3) is 0.786. The number of fused-ring (bicyclic) bond motifs is 3. The van der Waals surface area contributed by atoms with Crippen LogP contribution in [0.2, 0.25) is 0 Å². The number of H-pyrrole nitrogens is 1. The molecule has 0 amide bonds. The van der Waals surface area contributed by atoms with E-state index in [0.29, 0.717) is 13.2 Å². The zero-order valence-corrected chi connectivity index (χ0v) is 11.0. The highest BCUT2D eigenvalue weighted by molar-refractivity contribution is 5.32. The lowest BCUT2D eigenvalue weighted by molar-refractivity contribution is -0.231. The molecule has 1 aromatic rings. The Labute approximate surface area is 111 Å². The third kappa shape index (κ3) is 1.40. The maximum Gasteiger partial charge on any atom is 0.360 e. The van der Waals surface area contributed by atoms with Crippen molar-refractivity contribution < 1.29 is 14.0 Å². The highest BCUT2D eigenvalue weighted by atomic mass is 16.7. The van der Waals surface area contributed by atoms with Gasteiger partial charge in [0.25, 0.3) is 0 Å². The van der Waals surface area contributed by atoms with Crippen molar-refractivity contribution in [2.24, 2.45) is 0 Å². The lowest BCUT2D eigenvalue weighted by Gasteiger charge is -2.50. The molecule has 4 rings (SSSR count). The molecule has 19 heavy (non-hydrogen) atoms. The Bertz CT molecular complexity index is 540. The van der Waals surface area contributed by atoms with Gasteiger partial charge in [0.05, 0.1) is 29.9 Å². The maximum absolute atomic E-state index is 11.8. The van der Waals surface area contributed by atoms with Gasteiger partial charge in [-0.1, -0.05) is 6.42 Å². The summed E-state index contributed by atoms with van der Waals surface area (Å²) in [5, 5.41) is 2.89. The molecule has 1 atom stereocenters. The molecule has 1 saturated heterocycles. The average molecular weight is 265 g/mol. The van der Waals surface area contributed by atoms with E-state index in [4.69, 9.17) is 14.0 Å². The van der Waals surface area contributed by atoms with Gasteiger partial charge in [-0.15, -0.1) is 0 Å². The fourth-order valence-electron chi connectivity index (χ4n) is 4.35. The van der Waals surface area contributed by atoms with Crippen molar-refractivity contribution in [2.75, 3.05) is 13.2 Å². The molecule has 1 aromatic heterocycles. The van der Waals surface area contributed by atoms with Crippen LogP contribution < -0.4 is 5.63 Å². The molecule has 0 aromatic carbocycles. The summed E-state index contributed by atoms with van der Waals surface area (Å²) in [5.74, 6) is -0.534. The zero-order chi connectivity index (χ0) is 12.9. The van der Waals surface area contributed by atoms with Gasteiger partial charge in [-0.25, -0.2) is 9.95 Å². The number of aromatic amines is 1. The number of hydrogen-bond donors (Lipinski definition) is 1. The average Bonchev–Trinajstić information content (AvgIpc) is 3.04. The summed E-state index contributed by atoms with van der Waals surface area (Å²) in [5.41, 5.74) is 1.34. The first-order valence-corrected chi connectivity index (χ1v) is 7.26. The first-order chi connectivity index (χ1) is 9.28. The predicted octanol–water partition coefficient (Wildman–Crippen LogP) is 1.86. The molecule has 2 aliphatic carbocycles. The second-order valence-corrected chi connectivity index (χ2v) is 5.94. The number of ether oxygens (including phenoxy) is 2. The lowest BCUT2D eigenvalue weighted by Crippen LogP contribution is -2.56. The van der Waals surface area contributed by atoms with Crippen molar-refractivity contribution in [1.29, 1.82) is 0 Å². The fourth-order valence-corrected chi connectivity index (χ4v) is 4.35. The van der Waals surface area contributed by atoms with E-state index in [1.165, 1.54) is 0 Å². The summed E-state index contributed by atoms with van der Waals surface area (Å²) in [4.78, 5) is 11.8. The third-order valence-electron chi connectivity index (χ3n) is 5.15. The SMILES string of the molecule is O=c1o[nH]c2c1CCC[C@@]21CCCCC12OCCO2. The van der Waals surface area contributed by atoms with Crippen LogP contribution in [0.5, 0.6) is 0 Å². The van der Waals surface area contributed by atoms with Crippen LogP contribution in [0.4, 0.5) is 0 Å². The van der Waals surface area contributed by atoms with E-state index in [1.54, 1.807) is 0 Å². The van der Waals surface area contributed by atoms with Crippen LogP contribution in [0.15, 0.2) is 9.32 Å². The molecule has 0 unspecified atom stereocenters. The molecule has 0 bridgehead atoms. The summed E-state index contributed by atoms with van der Waals surface area (Å²) in [6, 6.07) is 0. The molecule has 2 fully saturated rings. The lowest BCUT2D eigenvalue weighted by atomic mass is 9.61. The van der Waals surface area contributed by atoms with Crippen molar-refractivity contribution in [1.82, 2.24) is 5.16 Å². The molecule has 5 nitrogen and oxygen atoms in total. The summed E-state index contributed by atoms with van der Waals surface area (Å²) in [7, 11) is 0. The van der Waals surface area contributed by atoms with Crippen molar-refractivity contribution in [2.45, 2.75) is 56.1 Å². The third-order valence-corrected chi connectivity index (χ3v) is 5.15. The minimum absolute atomic E-state index is 0.207. The maximum atomic E-state index is 11.8. The van der Waals surface area contributed by atoms with Gasteiger partial charge in [-0.2, -0.15) is 0 Å². The van der Waals surface area contributed by atoms with Crippen LogP contribution in [-0.2, 0) is 21.3 Å². The van der Waals surface area contributed by atoms with Crippen LogP contribution in [0, 0.1) is 0 Å². The monoisotopic (exact) mass is 265 g/mol. The standard InChI is InChI=1S/C14H19NO4/c16-12-10-4-3-6-13(11(10)15-19-12)5-1-2-7-14(13)17-8-9-18-14/h15H,1-9H2/t13-/m0/s1. The number of hydrogen-bond acceptors (Lipinski definition) is 4. The molecule has 0 radical (unpaired) electrons. The van der Waals surface area contributed by atoms with Crippen molar-refractivity contribution in [3.05, 3.63) is 21.7 Å². The quantitative estimate of drug-likeness (QED) is 0.777. The molecule has 5 heteroatoms. The molecule has 1 N–H and O–H groups in total. The van der Waals surface area contributed by atoms with Gasteiger partial charge in [0.15, 0.2) is 5.79 Å². The summed E-state index contributed by atoms with van der Waals surface area (Å²) in [6.45, 7) is 1.30. The topological polar surface area (TPSA) is 64.5 Å². The highest BCUT2D eigenvalue weighted by Gasteiger charge is 2.60. The van der Waals surface area contributed by atoms with Gasteiger partial charge in [-0.3, -0.25) is 0 Å². The number of aromatic nitrogens is 1. The molecule has 2 spiro atoms. The van der Waals surface area contributed by atoms with Crippen molar-refractivity contribution in [3.8, 4) is 0 Å². The van der Waals surface area contributed by atoms with Gasteiger partial charge < -0.3 is 14.0 Å². The summed E-state index contributed by atoms with van der Waals surface area (Å²) in [6.07, 6.45) is 7.02. The van der Waals surface area contributed by atoms with E-state index in [9.17, 15) is 4.79 Å². The van der Waals surface area contributed by atoms with Gasteiger partial charge in [0, 0.05) is 6.42 Å². The highest BCUT2D eigenvalue weighted by Crippen LogP contribution is 2.55. The van der Waals surface area contributed by atoms with Gasteiger partial charge in [-0.05, 0) is 32.1 Å². The van der Waals surface area contributed by atoms with E-state index in [0.717, 1.165) is 56.2 Å². The van der Waals surface area contributed by atoms with Crippen LogP contribution in [0.25, 0.3) is 0 Å². The minimum Gasteiger partial charge on any atom is -0.347 e. The molecule has 1 aliphatic heterocycles. The van der Waals surface area contributed by atoms with Gasteiger partial charge in [0.2, 0.25) is 0 Å². The van der Waals surface area contributed by atoms with E-state index >= 15 is 0 Å². The molecular formula is C14H19NO4. The minimum atomic E-state index is -0.534. The van der Waals surface area contributed by atoms with Crippen LogP contribution in [0.3, 0.4) is 0 Å². The Hall–Kier alpha value is -1.07. The van der Waals surface area contributed by atoms with E-state index < -0.39 is 5.79 Å². The van der Waals surface area contributed by atoms with E-state index in [-0.39, 0.29) is 11.0 Å². The number of nitrogens with one attached hydrogen (secondary N) is 1. The largest absolute Gasteiger partial charge is 0.360 e. The van der Waals surface area contributed by atoms with Crippen LogP contribution in [-0.4, -0.2) is 24.2 Å². The van der Waals surface area contributed by atoms with Crippen molar-refractivity contribution >= 4 is 0 Å². The molecule has 3 aliphatic rings. The van der Waals surface area contributed by atoms with Crippen LogP contribution in [0.1, 0.15) is 49.8 Å². The summed E-state index contributed by atoms with van der Waals surface area (Å²) < 4.78 is 17.2. The van der Waals surface area contributed by atoms with Gasteiger partial charge in [0.1, 0.15) is 0 Å². The normalized spacial score (nSPS) is 32.8. The van der Waals surface area contributed by atoms with E-state index in [1.807, 2.05) is 0 Å². The summed E-state index contributed by atoms with van der Waals surface area (Å²) >= 11 is 0. The Morgan fingerprint density at radius 1 is 1.00 bits per heavy atom. The number of rotatable bonds is 0. The predicted molar refractivity (Wildman–Crippen MR) is 67.0 cm³/mol. The van der Waals surface area contributed by atoms with Gasteiger partial charge >= 0.3 is 5.63 Å². The zero-order valence-electron chi connectivity index (χ0n) is 11.0.